The molecule has 0 radical (unpaired) electrons. The van der Waals surface area contributed by atoms with Crippen molar-refractivity contribution in [3.05, 3.63) is 64.1 Å². The van der Waals surface area contributed by atoms with Gasteiger partial charge in [-0.25, -0.2) is 0 Å². The third kappa shape index (κ3) is 6.04. The average Bonchev–Trinajstić information content (AvgIpc) is 2.58. The summed E-state index contributed by atoms with van der Waals surface area (Å²) in [6, 6.07) is 14.5. The summed E-state index contributed by atoms with van der Waals surface area (Å²) in [4.78, 5) is 23.5. The molecule has 1 N–H and O–H groups in total. The number of esters is 1. The minimum absolute atomic E-state index is 0.120. The fourth-order valence-electron chi connectivity index (χ4n) is 1.94. The van der Waals surface area contributed by atoms with Crippen molar-refractivity contribution in [2.45, 2.75) is 6.92 Å². The maximum absolute atomic E-state index is 11.9. The van der Waals surface area contributed by atoms with Crippen LogP contribution in [-0.2, 0) is 9.53 Å². The molecule has 0 aliphatic carbocycles. The van der Waals surface area contributed by atoms with Crippen molar-refractivity contribution in [2.75, 3.05) is 19.8 Å². The summed E-state index contributed by atoms with van der Waals surface area (Å²) in [5.74, 6) is -0.112. The standard InChI is InChI=1S/C18H18BrNO4/c1-13-3-2-4-14(11-13)18(22)20-12-17(21)24-10-9-23-16-7-5-15(19)6-8-16/h2-8,11H,9-10,12H2,1H3,(H,20,22). The van der Waals surface area contributed by atoms with Crippen LogP contribution in [-0.4, -0.2) is 31.6 Å². The van der Waals surface area contributed by atoms with Gasteiger partial charge in [-0.1, -0.05) is 33.6 Å². The molecule has 0 atom stereocenters. The smallest absolute Gasteiger partial charge is 0.325 e. The Hall–Kier alpha value is -2.34. The van der Waals surface area contributed by atoms with E-state index in [1.165, 1.54) is 0 Å². The van der Waals surface area contributed by atoms with Crippen LogP contribution in [0.5, 0.6) is 5.75 Å². The zero-order chi connectivity index (χ0) is 17.4. The van der Waals surface area contributed by atoms with Gasteiger partial charge in [-0.15, -0.1) is 0 Å². The highest BCUT2D eigenvalue weighted by Gasteiger charge is 2.09. The van der Waals surface area contributed by atoms with Crippen molar-refractivity contribution in [3.63, 3.8) is 0 Å². The van der Waals surface area contributed by atoms with Gasteiger partial charge in [0.2, 0.25) is 0 Å². The molecule has 0 aromatic heterocycles. The zero-order valence-corrected chi connectivity index (χ0v) is 14.8. The first-order valence-corrected chi connectivity index (χ1v) is 8.23. The van der Waals surface area contributed by atoms with Crippen molar-refractivity contribution in [3.8, 4) is 5.75 Å². The number of carbonyl (C=O) groups excluding carboxylic acids is 2. The van der Waals surface area contributed by atoms with E-state index in [0.717, 1.165) is 10.0 Å². The van der Waals surface area contributed by atoms with Crippen LogP contribution in [0.15, 0.2) is 53.0 Å². The Morgan fingerprint density at radius 3 is 2.54 bits per heavy atom. The van der Waals surface area contributed by atoms with Crippen molar-refractivity contribution in [2.24, 2.45) is 0 Å². The van der Waals surface area contributed by atoms with Crippen LogP contribution in [0, 0.1) is 6.92 Å². The molecule has 0 unspecified atom stereocenters. The second kappa shape index (κ2) is 9.08. The molecule has 1 amide bonds. The molecule has 0 heterocycles. The first-order chi connectivity index (χ1) is 11.5. The van der Waals surface area contributed by atoms with Crippen molar-refractivity contribution in [1.29, 1.82) is 0 Å². The van der Waals surface area contributed by atoms with Crippen LogP contribution in [0.3, 0.4) is 0 Å². The second-order valence-electron chi connectivity index (χ2n) is 5.08. The molecule has 0 saturated carbocycles. The summed E-state index contributed by atoms with van der Waals surface area (Å²) in [7, 11) is 0. The van der Waals surface area contributed by atoms with E-state index in [1.54, 1.807) is 18.2 Å². The lowest BCUT2D eigenvalue weighted by molar-refractivity contribution is -0.143. The molecule has 0 saturated heterocycles. The van der Waals surface area contributed by atoms with Gasteiger partial charge in [0, 0.05) is 10.0 Å². The molecule has 2 rings (SSSR count). The summed E-state index contributed by atoms with van der Waals surface area (Å²) in [6.45, 7) is 2.09. The van der Waals surface area contributed by atoms with Gasteiger partial charge >= 0.3 is 5.97 Å². The molecular formula is C18H18BrNO4. The van der Waals surface area contributed by atoms with E-state index in [1.807, 2.05) is 37.3 Å². The van der Waals surface area contributed by atoms with Crippen LogP contribution in [0.4, 0.5) is 0 Å². The van der Waals surface area contributed by atoms with Crippen LogP contribution in [0.25, 0.3) is 0 Å². The van der Waals surface area contributed by atoms with Crippen molar-refractivity contribution < 1.29 is 19.1 Å². The molecule has 6 heteroatoms. The molecule has 0 aliphatic heterocycles. The quantitative estimate of drug-likeness (QED) is 0.581. The number of halogens is 1. The Labute approximate surface area is 149 Å². The summed E-state index contributed by atoms with van der Waals surface area (Å²) < 4.78 is 11.4. The van der Waals surface area contributed by atoms with Gasteiger partial charge in [-0.2, -0.15) is 0 Å². The largest absolute Gasteiger partial charge is 0.490 e. The molecule has 126 valence electrons. The van der Waals surface area contributed by atoms with E-state index >= 15 is 0 Å². The highest BCUT2D eigenvalue weighted by molar-refractivity contribution is 9.10. The Balaban J connectivity index is 1.64. The van der Waals surface area contributed by atoms with E-state index in [9.17, 15) is 9.59 Å². The number of ether oxygens (including phenoxy) is 2. The number of rotatable bonds is 7. The highest BCUT2D eigenvalue weighted by atomic mass is 79.9. The normalized spacial score (nSPS) is 10.1. The predicted octanol–water partition coefficient (Wildman–Crippen LogP) is 3.11. The van der Waals surface area contributed by atoms with Gasteiger partial charge in [0.15, 0.2) is 0 Å². The lowest BCUT2D eigenvalue weighted by Crippen LogP contribution is -2.31. The van der Waals surface area contributed by atoms with E-state index in [0.29, 0.717) is 11.3 Å². The first kappa shape index (κ1) is 18.0. The molecule has 0 fully saturated rings. The summed E-state index contributed by atoms with van der Waals surface area (Å²) in [6.07, 6.45) is 0. The SMILES string of the molecule is Cc1cccc(C(=O)NCC(=O)OCCOc2ccc(Br)cc2)c1. The van der Waals surface area contributed by atoms with Gasteiger partial charge in [-0.05, 0) is 43.3 Å². The fraction of sp³-hybridized carbons (Fsp3) is 0.222. The maximum atomic E-state index is 11.9. The molecule has 2 aromatic rings. The van der Waals surface area contributed by atoms with Gasteiger partial charge in [-0.3, -0.25) is 9.59 Å². The zero-order valence-electron chi connectivity index (χ0n) is 13.3. The molecule has 0 bridgehead atoms. The molecule has 5 nitrogen and oxygen atoms in total. The molecule has 24 heavy (non-hydrogen) atoms. The maximum Gasteiger partial charge on any atom is 0.325 e. The average molecular weight is 392 g/mol. The number of aryl methyl sites for hydroxylation is 1. The molecule has 0 spiro atoms. The number of benzene rings is 2. The minimum atomic E-state index is -0.504. The summed E-state index contributed by atoms with van der Waals surface area (Å²) in [5, 5.41) is 2.53. The fourth-order valence-corrected chi connectivity index (χ4v) is 2.20. The molecular weight excluding hydrogens is 374 g/mol. The Morgan fingerprint density at radius 1 is 1.08 bits per heavy atom. The Morgan fingerprint density at radius 2 is 1.83 bits per heavy atom. The Kier molecular flexibility index (Phi) is 6.81. The summed E-state index contributed by atoms with van der Waals surface area (Å²) in [5.41, 5.74) is 1.50. The number of nitrogens with one attached hydrogen (secondary N) is 1. The summed E-state index contributed by atoms with van der Waals surface area (Å²) >= 11 is 3.34. The van der Waals surface area contributed by atoms with Gasteiger partial charge in [0.1, 0.15) is 25.5 Å². The van der Waals surface area contributed by atoms with E-state index in [2.05, 4.69) is 21.2 Å². The Bertz CT molecular complexity index is 700. The molecule has 0 aliphatic rings. The lowest BCUT2D eigenvalue weighted by Gasteiger charge is -2.08. The van der Waals surface area contributed by atoms with E-state index in [-0.39, 0.29) is 25.7 Å². The van der Waals surface area contributed by atoms with E-state index < -0.39 is 5.97 Å². The van der Waals surface area contributed by atoms with Gasteiger partial charge < -0.3 is 14.8 Å². The van der Waals surface area contributed by atoms with Crippen LogP contribution in [0.2, 0.25) is 0 Å². The number of hydrogen-bond donors (Lipinski definition) is 1. The number of carbonyl (C=O) groups is 2. The predicted molar refractivity (Wildman–Crippen MR) is 94.1 cm³/mol. The minimum Gasteiger partial charge on any atom is -0.490 e. The van der Waals surface area contributed by atoms with Crippen LogP contribution in [0.1, 0.15) is 15.9 Å². The third-order valence-corrected chi connectivity index (χ3v) is 3.63. The highest BCUT2D eigenvalue weighted by Crippen LogP contribution is 2.15. The topological polar surface area (TPSA) is 64.6 Å². The van der Waals surface area contributed by atoms with Crippen LogP contribution < -0.4 is 10.1 Å². The second-order valence-corrected chi connectivity index (χ2v) is 5.99. The number of hydrogen-bond acceptors (Lipinski definition) is 4. The van der Waals surface area contributed by atoms with Gasteiger partial charge in [0.05, 0.1) is 0 Å². The third-order valence-electron chi connectivity index (χ3n) is 3.10. The van der Waals surface area contributed by atoms with Crippen molar-refractivity contribution >= 4 is 27.8 Å². The monoisotopic (exact) mass is 391 g/mol. The first-order valence-electron chi connectivity index (χ1n) is 7.43. The van der Waals surface area contributed by atoms with Gasteiger partial charge in [0.25, 0.3) is 5.91 Å². The van der Waals surface area contributed by atoms with Crippen LogP contribution >= 0.6 is 15.9 Å². The molecule has 2 aromatic carbocycles. The lowest BCUT2D eigenvalue weighted by atomic mass is 10.1. The van der Waals surface area contributed by atoms with E-state index in [4.69, 9.17) is 9.47 Å². The van der Waals surface area contributed by atoms with Crippen molar-refractivity contribution in [1.82, 2.24) is 5.32 Å². The number of amides is 1.